The molecular weight excluding hydrogens is 367 g/mol. The van der Waals surface area contributed by atoms with Gasteiger partial charge >= 0.3 is 35.8 Å². The second kappa shape index (κ2) is 18.5. The van der Waals surface area contributed by atoms with E-state index >= 15 is 0 Å². The molecule has 0 aromatic heterocycles. The van der Waals surface area contributed by atoms with Crippen molar-refractivity contribution in [2.45, 2.75) is 14.9 Å². The predicted octanol–water partition coefficient (Wildman–Crippen LogP) is -2.35. The first-order chi connectivity index (χ1) is 7.25. The summed E-state index contributed by atoms with van der Waals surface area (Å²) in [5.41, 5.74) is 0. The van der Waals surface area contributed by atoms with Crippen LogP contribution in [0.2, 0.25) is 0 Å². The minimum absolute atomic E-state index is 0. The number of carbonyl (C=O) groups is 4. The average molecular weight is 381 g/mol. The summed E-state index contributed by atoms with van der Waals surface area (Å²) in [7, 11) is 0. The van der Waals surface area contributed by atoms with Crippen LogP contribution in [-0.2, 0) is 19.2 Å². The molecular formula is C10H14O8Sn. The van der Waals surface area contributed by atoms with Gasteiger partial charge in [-0.1, -0.05) is 14.9 Å². The molecule has 0 fully saturated rings. The van der Waals surface area contributed by atoms with Gasteiger partial charge in [-0.05, 0) is 12.2 Å². The Morgan fingerprint density at radius 2 is 0.895 bits per heavy atom. The molecule has 8 nitrogen and oxygen atoms in total. The van der Waals surface area contributed by atoms with E-state index in [0.717, 1.165) is 0 Å². The SMILES string of the molecule is C.C.O=C(O)/C=C\C(=O)O.O=C([O-])/C=C\C(=O)[O-].[Sn+2]. The largest absolute Gasteiger partial charge is 2.00 e. The molecule has 2 radical (unpaired) electrons. The van der Waals surface area contributed by atoms with Crippen LogP contribution in [0.5, 0.6) is 0 Å². The van der Waals surface area contributed by atoms with E-state index in [1.807, 2.05) is 0 Å². The van der Waals surface area contributed by atoms with Gasteiger partial charge in [0.15, 0.2) is 0 Å². The van der Waals surface area contributed by atoms with Crippen molar-refractivity contribution in [2.24, 2.45) is 0 Å². The summed E-state index contributed by atoms with van der Waals surface area (Å²) in [5, 5.41) is 34.5. The molecule has 9 heteroatoms. The van der Waals surface area contributed by atoms with Gasteiger partial charge in [-0.2, -0.15) is 0 Å². The van der Waals surface area contributed by atoms with Gasteiger partial charge in [0.1, 0.15) is 0 Å². The van der Waals surface area contributed by atoms with Crippen molar-refractivity contribution < 1.29 is 39.6 Å². The monoisotopic (exact) mass is 382 g/mol. The summed E-state index contributed by atoms with van der Waals surface area (Å²) >= 11 is 0. The molecule has 0 bridgehead atoms. The van der Waals surface area contributed by atoms with Crippen LogP contribution in [0.1, 0.15) is 14.9 Å². The molecule has 0 atom stereocenters. The van der Waals surface area contributed by atoms with Crippen molar-refractivity contribution in [3.05, 3.63) is 24.3 Å². The van der Waals surface area contributed by atoms with E-state index < -0.39 is 23.9 Å². The molecule has 0 aliphatic heterocycles. The molecule has 0 aromatic rings. The van der Waals surface area contributed by atoms with Crippen molar-refractivity contribution in [2.75, 3.05) is 0 Å². The van der Waals surface area contributed by atoms with E-state index in [2.05, 4.69) is 0 Å². The number of carbonyl (C=O) groups excluding carboxylic acids is 2. The van der Waals surface area contributed by atoms with Gasteiger partial charge in [0.25, 0.3) is 0 Å². The molecule has 0 aliphatic rings. The van der Waals surface area contributed by atoms with Gasteiger partial charge in [-0.25, -0.2) is 9.59 Å². The van der Waals surface area contributed by atoms with Crippen LogP contribution in [0, 0.1) is 0 Å². The summed E-state index contributed by atoms with van der Waals surface area (Å²) < 4.78 is 0. The van der Waals surface area contributed by atoms with Gasteiger partial charge in [0, 0.05) is 12.2 Å². The molecule has 19 heavy (non-hydrogen) atoms. The minimum Gasteiger partial charge on any atom is -0.545 e. The van der Waals surface area contributed by atoms with Crippen LogP contribution >= 0.6 is 0 Å². The predicted molar refractivity (Wildman–Crippen MR) is 62.8 cm³/mol. The minimum atomic E-state index is -1.55. The Hall–Kier alpha value is -1.84. The first-order valence-corrected chi connectivity index (χ1v) is 3.49. The van der Waals surface area contributed by atoms with E-state index in [-0.39, 0.29) is 38.8 Å². The Bertz CT molecular complexity index is 279. The van der Waals surface area contributed by atoms with Crippen molar-refractivity contribution in [1.29, 1.82) is 0 Å². The third-order valence-corrected chi connectivity index (χ3v) is 0.724. The third-order valence-electron chi connectivity index (χ3n) is 0.724. The zero-order valence-electron chi connectivity index (χ0n) is 8.15. The van der Waals surface area contributed by atoms with Gasteiger partial charge in [-0.3, -0.25) is 0 Å². The van der Waals surface area contributed by atoms with Crippen LogP contribution in [0.3, 0.4) is 0 Å². The third kappa shape index (κ3) is 48.7. The Morgan fingerprint density at radius 1 is 0.684 bits per heavy atom. The molecule has 0 amide bonds. The second-order valence-corrected chi connectivity index (χ2v) is 1.98. The van der Waals surface area contributed by atoms with Gasteiger partial charge in [0.2, 0.25) is 0 Å². The smallest absolute Gasteiger partial charge is 0.545 e. The summed E-state index contributed by atoms with van der Waals surface area (Å²) in [6.07, 6.45) is 1.88. The van der Waals surface area contributed by atoms with Gasteiger partial charge in [-0.15, -0.1) is 0 Å². The van der Waals surface area contributed by atoms with Crippen LogP contribution in [0.4, 0.5) is 0 Å². The molecule has 0 spiro atoms. The average Bonchev–Trinajstić information content (AvgIpc) is 2.12. The summed E-state index contributed by atoms with van der Waals surface area (Å²) in [6.45, 7) is 0. The Balaban J connectivity index is -0.0000000594. The Labute approximate surface area is 127 Å². The van der Waals surface area contributed by atoms with Crippen molar-refractivity contribution in [3.63, 3.8) is 0 Å². The van der Waals surface area contributed by atoms with E-state index in [1.54, 1.807) is 0 Å². The second-order valence-electron chi connectivity index (χ2n) is 1.98. The fourth-order valence-electron chi connectivity index (χ4n) is 0.279. The molecule has 0 aromatic carbocycles. The van der Waals surface area contributed by atoms with Crippen LogP contribution in [-0.4, -0.2) is 58.0 Å². The number of carboxylic acids is 4. The number of carboxylic acid groups (broad SMARTS) is 4. The topological polar surface area (TPSA) is 155 Å². The van der Waals surface area contributed by atoms with Crippen LogP contribution in [0.15, 0.2) is 24.3 Å². The molecule has 0 unspecified atom stereocenters. The molecule has 0 aliphatic carbocycles. The maximum atomic E-state index is 9.55. The van der Waals surface area contributed by atoms with E-state index in [9.17, 15) is 29.4 Å². The molecule has 2 N–H and O–H groups in total. The summed E-state index contributed by atoms with van der Waals surface area (Å²) in [5.74, 6) is -5.61. The maximum absolute atomic E-state index is 9.55. The first kappa shape index (κ1) is 30.3. The van der Waals surface area contributed by atoms with E-state index in [1.165, 1.54) is 0 Å². The number of hydrogen-bond acceptors (Lipinski definition) is 6. The van der Waals surface area contributed by atoms with Gasteiger partial charge < -0.3 is 30.0 Å². The quantitative estimate of drug-likeness (QED) is 0.405. The number of aliphatic carboxylic acids is 4. The maximum Gasteiger partial charge on any atom is 2.00 e. The van der Waals surface area contributed by atoms with E-state index in [4.69, 9.17) is 10.2 Å². The molecule has 0 rings (SSSR count). The summed E-state index contributed by atoms with van der Waals surface area (Å²) in [4.78, 5) is 37.9. The standard InChI is InChI=1S/2C4H4O4.2CH4.Sn/c2*5-3(6)1-2-4(7)8;;;/h2*1-2H,(H,5,6)(H,7,8);2*1H4;/q;;;;+2/p-2/b2*2-1-;;;. The molecule has 106 valence electrons. The van der Waals surface area contributed by atoms with Crippen LogP contribution < -0.4 is 10.2 Å². The first-order valence-electron chi connectivity index (χ1n) is 3.49. The number of rotatable bonds is 4. The van der Waals surface area contributed by atoms with Crippen LogP contribution in [0.25, 0.3) is 0 Å². The van der Waals surface area contributed by atoms with Crippen molar-refractivity contribution >= 4 is 47.8 Å². The van der Waals surface area contributed by atoms with Crippen molar-refractivity contribution in [1.82, 2.24) is 0 Å². The van der Waals surface area contributed by atoms with E-state index in [0.29, 0.717) is 24.3 Å². The Morgan fingerprint density at radius 3 is 1.00 bits per heavy atom. The molecule has 0 saturated carbocycles. The normalized spacial score (nSPS) is 8.00. The van der Waals surface area contributed by atoms with Gasteiger partial charge in [0.05, 0.1) is 11.9 Å². The zero-order chi connectivity index (χ0) is 13.1. The zero-order valence-corrected chi connectivity index (χ0v) is 11.0. The molecule has 0 saturated heterocycles. The summed E-state index contributed by atoms with van der Waals surface area (Å²) in [6, 6.07) is 0. The molecule has 0 heterocycles. The van der Waals surface area contributed by atoms with Crippen molar-refractivity contribution in [3.8, 4) is 0 Å². The Kier molecular flexibility index (Phi) is 29.5. The fourth-order valence-corrected chi connectivity index (χ4v) is 0.279. The number of hydrogen-bond donors (Lipinski definition) is 2. The fraction of sp³-hybridized carbons (Fsp3) is 0.200.